The molecule has 0 bridgehead atoms. The molecule has 73 heavy (non-hydrogen) atoms. The van der Waals surface area contributed by atoms with Gasteiger partial charge in [0.05, 0.1) is 0 Å². The maximum absolute atomic E-state index is 12.6. The molecule has 0 heterocycles. The standard InChI is InChI=1S/C9H16.3C8H8F2.2C8H9F.C8H16.C8H10/c1-7-3-9(4-7)5-8(2)6-9;2*1-5-3-7(9)6(2)8(10)4-5;1-5-3-4-6(2)8(10)7(5)9;2*1-6-3-4-7(2)8(9)5-6;2*1-7-3-5-8(2)6-4-7/h7-8H,3-6H2,1-2H3;3*3-4H,1-2H3;2*3-5H,1-2H3;7-8H,3-6H2,1-2H3;3-6H,1-2H3. The molecule has 0 aliphatic heterocycles. The van der Waals surface area contributed by atoms with Gasteiger partial charge in [0.1, 0.15) is 34.9 Å². The minimum atomic E-state index is -0.736. The van der Waals surface area contributed by atoms with Gasteiger partial charge in [0.2, 0.25) is 0 Å². The SMILES string of the molecule is CC1CC2(C1)CC(C)C2.CC1CCC(C)CC1.Cc1cc(F)c(C)c(F)c1.Cc1cc(F)c(C)c(F)c1.Cc1ccc(C)c(F)c1.Cc1ccc(C)c(F)c1.Cc1ccc(C)c(F)c1F.Cc1ccc(C)cc1. The van der Waals surface area contributed by atoms with Crippen molar-refractivity contribution in [3.63, 3.8) is 0 Å². The predicted octanol–water partition coefficient (Wildman–Crippen LogP) is 20.6. The molecule has 3 aliphatic carbocycles. The summed E-state index contributed by atoms with van der Waals surface area (Å²) in [6.45, 7) is 30.2. The molecule has 9 rings (SSSR count). The lowest BCUT2D eigenvalue weighted by Gasteiger charge is -2.56. The van der Waals surface area contributed by atoms with Gasteiger partial charge in [-0.05, 0) is 219 Å². The summed E-state index contributed by atoms with van der Waals surface area (Å²) in [5.74, 6) is 0.544. The van der Waals surface area contributed by atoms with Crippen molar-refractivity contribution in [2.45, 2.75) is 162 Å². The second-order valence-electron chi connectivity index (χ2n) is 21.6. The van der Waals surface area contributed by atoms with Crippen LogP contribution in [0.3, 0.4) is 0 Å². The molecule has 0 amide bonds. The molecule has 0 radical (unpaired) electrons. The average molecular weight is 1020 g/mol. The minimum Gasteiger partial charge on any atom is -0.207 e. The van der Waals surface area contributed by atoms with Crippen LogP contribution >= 0.6 is 0 Å². The fourth-order valence-corrected chi connectivity index (χ4v) is 8.92. The molecular weight excluding hydrogens is 933 g/mol. The van der Waals surface area contributed by atoms with Crippen LogP contribution in [-0.2, 0) is 0 Å². The number of halogens is 8. The highest BCUT2D eigenvalue weighted by Gasteiger charge is 2.49. The van der Waals surface area contributed by atoms with E-state index in [4.69, 9.17) is 0 Å². The zero-order valence-electron chi connectivity index (χ0n) is 46.7. The molecule has 0 aromatic heterocycles. The highest BCUT2D eigenvalue weighted by atomic mass is 19.2. The molecule has 0 atom stereocenters. The quantitative estimate of drug-likeness (QED) is 0.133. The van der Waals surface area contributed by atoms with Gasteiger partial charge in [-0.2, -0.15) is 0 Å². The van der Waals surface area contributed by atoms with Crippen molar-refractivity contribution < 1.29 is 35.1 Å². The normalized spacial score (nSPS) is 18.8. The number of rotatable bonds is 0. The molecule has 3 aliphatic rings. The van der Waals surface area contributed by atoms with Crippen molar-refractivity contribution in [3.05, 3.63) is 210 Å². The van der Waals surface area contributed by atoms with Gasteiger partial charge in [-0.25, -0.2) is 35.1 Å². The van der Waals surface area contributed by atoms with Gasteiger partial charge in [0, 0.05) is 11.1 Å². The van der Waals surface area contributed by atoms with E-state index in [1.54, 1.807) is 52.0 Å². The highest BCUT2D eigenvalue weighted by Crippen LogP contribution is 2.60. The van der Waals surface area contributed by atoms with Crippen LogP contribution < -0.4 is 0 Å². The van der Waals surface area contributed by atoms with Gasteiger partial charge < -0.3 is 0 Å². The first-order valence-electron chi connectivity index (χ1n) is 25.8. The third-order valence-electron chi connectivity index (χ3n) is 13.6. The van der Waals surface area contributed by atoms with E-state index in [1.165, 1.54) is 127 Å². The number of benzene rings is 6. The zero-order chi connectivity index (χ0) is 55.3. The van der Waals surface area contributed by atoms with E-state index in [2.05, 4.69) is 65.8 Å². The summed E-state index contributed by atoms with van der Waals surface area (Å²) in [4.78, 5) is 0. The smallest absolute Gasteiger partial charge is 0.161 e. The van der Waals surface area contributed by atoms with E-state index >= 15 is 0 Å². The van der Waals surface area contributed by atoms with Crippen LogP contribution in [-0.4, -0.2) is 0 Å². The first kappa shape index (κ1) is 63.9. The lowest BCUT2D eigenvalue weighted by molar-refractivity contribution is -0.0549. The van der Waals surface area contributed by atoms with Gasteiger partial charge >= 0.3 is 0 Å². The molecule has 3 saturated carbocycles. The summed E-state index contributed by atoms with van der Waals surface area (Å²) >= 11 is 0. The molecule has 3 fully saturated rings. The molecule has 0 nitrogen and oxygen atoms in total. The van der Waals surface area contributed by atoms with Crippen molar-refractivity contribution >= 4 is 0 Å². The second-order valence-corrected chi connectivity index (χ2v) is 21.6. The minimum absolute atomic E-state index is 0.0885. The maximum Gasteiger partial charge on any atom is 0.161 e. The van der Waals surface area contributed by atoms with Crippen LogP contribution in [0.1, 0.15) is 146 Å². The van der Waals surface area contributed by atoms with Crippen LogP contribution in [0.5, 0.6) is 0 Å². The Balaban J connectivity index is 0.000000286. The lowest BCUT2D eigenvalue weighted by Crippen LogP contribution is -2.45. The first-order valence-corrected chi connectivity index (χ1v) is 25.8. The van der Waals surface area contributed by atoms with Crippen LogP contribution in [0, 0.1) is 159 Å². The van der Waals surface area contributed by atoms with Crippen molar-refractivity contribution in [2.75, 3.05) is 0 Å². The van der Waals surface area contributed by atoms with E-state index in [0.29, 0.717) is 33.4 Å². The number of hydrogen-bond donors (Lipinski definition) is 0. The first-order chi connectivity index (χ1) is 34.0. The van der Waals surface area contributed by atoms with Gasteiger partial charge in [-0.3, -0.25) is 0 Å². The number of aryl methyl sites for hydroxylation is 10. The molecule has 0 saturated heterocycles. The van der Waals surface area contributed by atoms with E-state index < -0.39 is 34.9 Å². The van der Waals surface area contributed by atoms with Gasteiger partial charge in [0.25, 0.3) is 0 Å². The summed E-state index contributed by atoms with van der Waals surface area (Å²) in [5, 5.41) is 0. The van der Waals surface area contributed by atoms with Crippen LogP contribution in [0.2, 0.25) is 0 Å². The Hall–Kier alpha value is -5.24. The maximum atomic E-state index is 12.6. The van der Waals surface area contributed by atoms with E-state index in [-0.39, 0.29) is 22.8 Å². The second kappa shape index (κ2) is 30.8. The Morgan fingerprint density at radius 1 is 0.288 bits per heavy atom. The zero-order valence-corrected chi connectivity index (χ0v) is 46.7. The highest BCUT2D eigenvalue weighted by molar-refractivity contribution is 5.26. The van der Waals surface area contributed by atoms with Crippen LogP contribution in [0.4, 0.5) is 35.1 Å². The van der Waals surface area contributed by atoms with E-state index in [0.717, 1.165) is 40.2 Å². The Labute approximate surface area is 435 Å². The van der Waals surface area contributed by atoms with Gasteiger partial charge in [0.15, 0.2) is 11.6 Å². The monoisotopic (exact) mass is 1020 g/mol. The Bertz CT molecular complexity index is 2360. The van der Waals surface area contributed by atoms with Crippen molar-refractivity contribution in [2.24, 2.45) is 29.1 Å². The largest absolute Gasteiger partial charge is 0.207 e. The Morgan fingerprint density at radius 3 is 0.753 bits per heavy atom. The van der Waals surface area contributed by atoms with E-state index in [1.807, 2.05) is 26.0 Å². The molecule has 0 N–H and O–H groups in total. The van der Waals surface area contributed by atoms with Crippen molar-refractivity contribution in [1.29, 1.82) is 0 Å². The fourth-order valence-electron chi connectivity index (χ4n) is 8.92. The van der Waals surface area contributed by atoms with Gasteiger partial charge in [-0.1, -0.05) is 125 Å². The molecule has 1 spiro atoms. The summed E-state index contributed by atoms with van der Waals surface area (Å²) in [7, 11) is 0. The van der Waals surface area contributed by atoms with Crippen molar-refractivity contribution in [3.8, 4) is 0 Å². The fraction of sp³-hybridized carbons (Fsp3) is 0.446. The summed E-state index contributed by atoms with van der Waals surface area (Å²) in [6, 6.07) is 27.3. The summed E-state index contributed by atoms with van der Waals surface area (Å²) in [5.41, 5.74) is 9.01. The molecular formula is C65H84F8. The lowest BCUT2D eigenvalue weighted by atomic mass is 9.49. The Morgan fingerprint density at radius 2 is 0.521 bits per heavy atom. The molecule has 400 valence electrons. The topological polar surface area (TPSA) is 0 Å². The third-order valence-corrected chi connectivity index (χ3v) is 13.6. The summed E-state index contributed by atoms with van der Waals surface area (Å²) < 4.78 is 101. The number of hydrogen-bond acceptors (Lipinski definition) is 0. The molecule has 8 heteroatoms. The average Bonchev–Trinajstić information content (AvgIpc) is 3.30. The molecule has 0 unspecified atom stereocenters. The van der Waals surface area contributed by atoms with Crippen LogP contribution in [0.15, 0.2) is 97.1 Å². The predicted molar refractivity (Wildman–Crippen MR) is 291 cm³/mol. The third kappa shape index (κ3) is 23.2. The van der Waals surface area contributed by atoms with Gasteiger partial charge in [-0.15, -0.1) is 0 Å². The molecule has 6 aromatic carbocycles. The summed E-state index contributed by atoms with van der Waals surface area (Å²) in [6.07, 6.45) is 12.0. The Kier molecular flexibility index (Phi) is 27.0. The molecule has 6 aromatic rings. The van der Waals surface area contributed by atoms with Crippen LogP contribution in [0.25, 0.3) is 0 Å². The van der Waals surface area contributed by atoms with E-state index in [9.17, 15) is 35.1 Å². The van der Waals surface area contributed by atoms with Crippen molar-refractivity contribution in [1.82, 2.24) is 0 Å².